The smallest absolute Gasteiger partial charge is 0.269 e. The Morgan fingerprint density at radius 2 is 1.59 bits per heavy atom. The van der Waals surface area contributed by atoms with Crippen LogP contribution in [-0.4, -0.2) is 14.3 Å². The summed E-state index contributed by atoms with van der Waals surface area (Å²) in [7, 11) is -4.33. The molecule has 0 aliphatic heterocycles. The number of hydrazine groups is 1. The highest BCUT2D eigenvalue weighted by molar-refractivity contribution is 7.89. The van der Waals surface area contributed by atoms with E-state index in [1.54, 1.807) is 10.3 Å². The van der Waals surface area contributed by atoms with Crippen LogP contribution in [0.4, 0.5) is 13.2 Å². The molecule has 0 radical (unpaired) electrons. The van der Waals surface area contributed by atoms with Gasteiger partial charge in [0.2, 0.25) is 0 Å². The van der Waals surface area contributed by atoms with Crippen molar-refractivity contribution >= 4 is 15.9 Å². The Labute approximate surface area is 123 Å². The third-order valence-corrected chi connectivity index (χ3v) is 3.86. The normalized spacial score (nSPS) is 11.2. The van der Waals surface area contributed by atoms with Crippen molar-refractivity contribution in [3.05, 3.63) is 65.5 Å². The molecule has 9 heteroatoms. The molecule has 0 saturated heterocycles. The Hall–Kier alpha value is -2.39. The summed E-state index contributed by atoms with van der Waals surface area (Å²) >= 11 is 0. The molecule has 0 fully saturated rings. The second-order valence-corrected chi connectivity index (χ2v) is 5.80. The minimum atomic E-state index is -4.33. The van der Waals surface area contributed by atoms with Crippen LogP contribution in [0.15, 0.2) is 47.4 Å². The maximum Gasteiger partial charge on any atom is 0.269 e. The van der Waals surface area contributed by atoms with Crippen LogP contribution in [0, 0.1) is 17.5 Å². The number of amides is 1. The van der Waals surface area contributed by atoms with Crippen molar-refractivity contribution < 1.29 is 26.4 Å². The summed E-state index contributed by atoms with van der Waals surface area (Å²) in [6, 6.07) is 6.82. The molecule has 1 amide bonds. The first kappa shape index (κ1) is 16.0. The largest absolute Gasteiger partial charge is 0.273 e. The molecular weight excluding hydrogens is 321 g/mol. The van der Waals surface area contributed by atoms with Gasteiger partial charge in [0.15, 0.2) is 11.6 Å². The topological polar surface area (TPSA) is 75.3 Å². The number of sulfonamides is 1. The van der Waals surface area contributed by atoms with Crippen molar-refractivity contribution in [1.82, 2.24) is 10.3 Å². The van der Waals surface area contributed by atoms with Crippen LogP contribution < -0.4 is 10.3 Å². The number of benzene rings is 2. The van der Waals surface area contributed by atoms with Crippen LogP contribution in [-0.2, 0) is 10.0 Å². The van der Waals surface area contributed by atoms with Gasteiger partial charge in [0.05, 0.1) is 10.5 Å². The molecule has 0 unspecified atom stereocenters. The van der Waals surface area contributed by atoms with Crippen molar-refractivity contribution in [3.63, 3.8) is 0 Å². The molecule has 2 rings (SSSR count). The lowest BCUT2D eigenvalue weighted by Gasteiger charge is -2.09. The van der Waals surface area contributed by atoms with Gasteiger partial charge in [-0.25, -0.2) is 21.6 Å². The van der Waals surface area contributed by atoms with Crippen LogP contribution in [0.5, 0.6) is 0 Å². The summed E-state index contributed by atoms with van der Waals surface area (Å²) in [5.74, 6) is -4.45. The van der Waals surface area contributed by atoms with Gasteiger partial charge in [-0.05, 0) is 30.3 Å². The van der Waals surface area contributed by atoms with E-state index in [0.717, 1.165) is 18.2 Å². The van der Waals surface area contributed by atoms with Crippen molar-refractivity contribution in [3.8, 4) is 0 Å². The number of carbonyl (C=O) groups excluding carboxylic acids is 1. The number of hydrogen-bond donors (Lipinski definition) is 2. The Morgan fingerprint density at radius 3 is 2.23 bits per heavy atom. The SMILES string of the molecule is O=C(NNS(=O)(=O)c1ccc(F)c(F)c1)c1ccccc1F. The second-order valence-electron chi connectivity index (χ2n) is 4.12. The Kier molecular flexibility index (Phi) is 4.48. The van der Waals surface area contributed by atoms with Gasteiger partial charge in [-0.15, -0.1) is 4.83 Å². The zero-order valence-electron chi connectivity index (χ0n) is 10.8. The summed E-state index contributed by atoms with van der Waals surface area (Å²) in [6.45, 7) is 0. The Bertz CT molecular complexity index is 825. The summed E-state index contributed by atoms with van der Waals surface area (Å²) in [4.78, 5) is 12.7. The molecule has 0 aromatic heterocycles. The van der Waals surface area contributed by atoms with Crippen LogP contribution >= 0.6 is 0 Å². The van der Waals surface area contributed by atoms with E-state index in [1.807, 2.05) is 0 Å². The summed E-state index contributed by atoms with van der Waals surface area (Å²) in [5, 5.41) is 0. The standard InChI is InChI=1S/C13H9F3N2O3S/c14-10-4-2-1-3-9(10)13(19)17-18-22(20,21)8-5-6-11(15)12(16)7-8/h1-7,18H,(H,17,19). The lowest BCUT2D eigenvalue weighted by Crippen LogP contribution is -2.41. The van der Waals surface area contributed by atoms with Crippen molar-refractivity contribution in [2.45, 2.75) is 4.90 Å². The summed E-state index contributed by atoms with van der Waals surface area (Å²) in [6.07, 6.45) is 0. The predicted molar refractivity (Wildman–Crippen MR) is 70.5 cm³/mol. The molecule has 0 bridgehead atoms. The first-order valence-electron chi connectivity index (χ1n) is 5.83. The first-order chi connectivity index (χ1) is 10.3. The lowest BCUT2D eigenvalue weighted by molar-refractivity contribution is 0.0941. The van der Waals surface area contributed by atoms with Gasteiger partial charge in [-0.2, -0.15) is 0 Å². The highest BCUT2D eigenvalue weighted by Crippen LogP contribution is 2.13. The number of halogens is 3. The van der Waals surface area contributed by atoms with Gasteiger partial charge in [-0.1, -0.05) is 12.1 Å². The predicted octanol–water partition coefficient (Wildman–Crippen LogP) is 1.73. The van der Waals surface area contributed by atoms with Gasteiger partial charge < -0.3 is 0 Å². The van der Waals surface area contributed by atoms with E-state index in [-0.39, 0.29) is 5.56 Å². The molecule has 0 heterocycles. The van der Waals surface area contributed by atoms with E-state index in [2.05, 4.69) is 0 Å². The molecule has 2 aromatic rings. The molecule has 0 saturated carbocycles. The third kappa shape index (κ3) is 3.43. The molecule has 5 nitrogen and oxygen atoms in total. The molecule has 0 aliphatic carbocycles. The zero-order valence-corrected chi connectivity index (χ0v) is 11.6. The van der Waals surface area contributed by atoms with Gasteiger partial charge in [0.25, 0.3) is 15.9 Å². The fourth-order valence-electron chi connectivity index (χ4n) is 1.53. The summed E-state index contributed by atoms with van der Waals surface area (Å²) in [5.41, 5.74) is 1.40. The highest BCUT2D eigenvalue weighted by Gasteiger charge is 2.18. The highest BCUT2D eigenvalue weighted by atomic mass is 32.2. The minimum absolute atomic E-state index is 0.379. The van der Waals surface area contributed by atoms with Gasteiger partial charge in [0.1, 0.15) is 5.82 Å². The molecule has 0 aliphatic rings. The number of rotatable bonds is 4. The molecule has 116 valence electrons. The van der Waals surface area contributed by atoms with Crippen molar-refractivity contribution in [2.75, 3.05) is 0 Å². The van der Waals surface area contributed by atoms with Crippen LogP contribution in [0.3, 0.4) is 0 Å². The maximum absolute atomic E-state index is 13.4. The number of nitrogens with one attached hydrogen (secondary N) is 2. The van der Waals surface area contributed by atoms with Gasteiger partial charge in [-0.3, -0.25) is 10.2 Å². The van der Waals surface area contributed by atoms with E-state index in [1.165, 1.54) is 12.1 Å². The van der Waals surface area contributed by atoms with Crippen LogP contribution in [0.25, 0.3) is 0 Å². The number of carbonyl (C=O) groups is 1. The molecule has 0 atom stereocenters. The molecule has 22 heavy (non-hydrogen) atoms. The molecular formula is C13H9F3N2O3S. The maximum atomic E-state index is 13.4. The zero-order chi connectivity index (χ0) is 16.3. The monoisotopic (exact) mass is 330 g/mol. The molecule has 2 aromatic carbocycles. The average molecular weight is 330 g/mol. The van der Waals surface area contributed by atoms with Gasteiger partial charge in [0, 0.05) is 0 Å². The summed E-state index contributed by atoms with van der Waals surface area (Å²) < 4.78 is 62.8. The fourth-order valence-corrected chi connectivity index (χ4v) is 2.38. The average Bonchev–Trinajstić information content (AvgIpc) is 2.48. The van der Waals surface area contributed by atoms with Crippen molar-refractivity contribution in [2.24, 2.45) is 0 Å². The van der Waals surface area contributed by atoms with Crippen molar-refractivity contribution in [1.29, 1.82) is 0 Å². The quantitative estimate of drug-likeness (QED) is 0.839. The van der Waals surface area contributed by atoms with E-state index in [4.69, 9.17) is 0 Å². The van der Waals surface area contributed by atoms with E-state index in [0.29, 0.717) is 12.1 Å². The lowest BCUT2D eigenvalue weighted by atomic mass is 10.2. The number of hydrogen-bond acceptors (Lipinski definition) is 3. The van der Waals surface area contributed by atoms with E-state index < -0.39 is 38.3 Å². The molecule has 0 spiro atoms. The van der Waals surface area contributed by atoms with Gasteiger partial charge >= 0.3 is 0 Å². The van der Waals surface area contributed by atoms with E-state index >= 15 is 0 Å². The van der Waals surface area contributed by atoms with Crippen LogP contribution in [0.2, 0.25) is 0 Å². The third-order valence-electron chi connectivity index (χ3n) is 2.62. The Morgan fingerprint density at radius 1 is 0.909 bits per heavy atom. The minimum Gasteiger partial charge on any atom is -0.273 e. The molecule has 2 N–H and O–H groups in total. The van der Waals surface area contributed by atoms with E-state index in [9.17, 15) is 26.4 Å². The second kappa shape index (κ2) is 6.16. The van der Waals surface area contributed by atoms with Crippen LogP contribution in [0.1, 0.15) is 10.4 Å². The Balaban J connectivity index is 2.14. The fraction of sp³-hybridized carbons (Fsp3) is 0. The first-order valence-corrected chi connectivity index (χ1v) is 7.31.